The Labute approximate surface area is 162 Å². The number of benzene rings is 1. The van der Waals surface area contributed by atoms with Crippen molar-refractivity contribution >= 4 is 17.3 Å². The first-order valence-electron chi connectivity index (χ1n) is 8.50. The van der Waals surface area contributed by atoms with Gasteiger partial charge in [-0.15, -0.1) is 0 Å². The van der Waals surface area contributed by atoms with Gasteiger partial charge in [0.1, 0.15) is 5.02 Å². The molecule has 2 heterocycles. The lowest BCUT2D eigenvalue weighted by Crippen LogP contribution is -2.24. The number of halogens is 4. The lowest BCUT2D eigenvalue weighted by Gasteiger charge is -2.16. The van der Waals surface area contributed by atoms with Gasteiger partial charge in [-0.3, -0.25) is 4.79 Å². The van der Waals surface area contributed by atoms with Gasteiger partial charge in [-0.05, 0) is 36.1 Å². The zero-order chi connectivity index (χ0) is 19.9. The van der Waals surface area contributed by atoms with Gasteiger partial charge < -0.3 is 5.32 Å². The number of aryl methyl sites for hydroxylation is 1. The van der Waals surface area contributed by atoms with Gasteiger partial charge in [-0.25, -0.2) is 4.98 Å². The van der Waals surface area contributed by atoms with Crippen LogP contribution in [0, 0.1) is 0 Å². The van der Waals surface area contributed by atoms with Gasteiger partial charge in [-0.2, -0.15) is 23.0 Å². The first-order chi connectivity index (χ1) is 13.3. The fraction of sp³-hybridized carbons (Fsp3) is 0.211. The smallest absolute Gasteiger partial charge is 0.376 e. The monoisotopic (exact) mass is 406 g/mol. The minimum atomic E-state index is -4.51. The van der Waals surface area contributed by atoms with E-state index < -0.39 is 17.3 Å². The molecule has 5 nitrogen and oxygen atoms in total. The zero-order valence-corrected chi connectivity index (χ0v) is 15.1. The van der Waals surface area contributed by atoms with E-state index in [9.17, 15) is 18.0 Å². The lowest BCUT2D eigenvalue weighted by molar-refractivity contribution is -0.137. The summed E-state index contributed by atoms with van der Waals surface area (Å²) in [6.07, 6.45) is -0.694. The summed E-state index contributed by atoms with van der Waals surface area (Å²) in [6, 6.07) is 9.94. The molecule has 3 aromatic rings. The highest BCUT2D eigenvalue weighted by atomic mass is 35.5. The van der Waals surface area contributed by atoms with Crippen molar-refractivity contribution in [2.45, 2.75) is 25.1 Å². The maximum absolute atomic E-state index is 12.7. The van der Waals surface area contributed by atoms with Crippen LogP contribution in [0.1, 0.15) is 29.2 Å². The van der Waals surface area contributed by atoms with E-state index in [-0.39, 0.29) is 16.9 Å². The van der Waals surface area contributed by atoms with Gasteiger partial charge in [-0.1, -0.05) is 35.9 Å². The van der Waals surface area contributed by atoms with E-state index in [1.165, 1.54) is 11.8 Å². The van der Waals surface area contributed by atoms with Gasteiger partial charge in [0, 0.05) is 6.20 Å². The first-order valence-corrected chi connectivity index (χ1v) is 8.88. The summed E-state index contributed by atoms with van der Waals surface area (Å²) in [5.41, 5.74) is 1.19. The summed E-state index contributed by atoms with van der Waals surface area (Å²) >= 11 is 6.21. The first kappa shape index (κ1) is 18.5. The molecule has 0 spiro atoms. The van der Waals surface area contributed by atoms with E-state index in [1.54, 1.807) is 0 Å². The Bertz CT molecular complexity index is 1080. The van der Waals surface area contributed by atoms with Gasteiger partial charge in [0.25, 0.3) is 5.56 Å². The molecule has 0 saturated heterocycles. The van der Waals surface area contributed by atoms with E-state index in [2.05, 4.69) is 21.5 Å². The standard InChI is InChI=1S/C19H14ClF3N4O/c20-17-15(26-14-7-5-11-3-1-2-4-13(11)14)10-25-27(18(17)28)16-8-6-12(9-24-16)19(21,22)23/h1-4,6,8-10,14,26H,5,7H2. The largest absolute Gasteiger partial charge is 0.417 e. The Morgan fingerprint density at radius 1 is 1.14 bits per heavy atom. The molecule has 28 heavy (non-hydrogen) atoms. The third-order valence-corrected chi connectivity index (χ3v) is 5.04. The Balaban J connectivity index is 1.62. The molecule has 144 valence electrons. The fourth-order valence-electron chi connectivity index (χ4n) is 3.27. The molecule has 2 aromatic heterocycles. The summed E-state index contributed by atoms with van der Waals surface area (Å²) in [6.45, 7) is 0. The van der Waals surface area contributed by atoms with Crippen LogP contribution in [0.25, 0.3) is 5.82 Å². The highest BCUT2D eigenvalue weighted by molar-refractivity contribution is 6.33. The zero-order valence-electron chi connectivity index (χ0n) is 14.4. The van der Waals surface area contributed by atoms with Crippen LogP contribution < -0.4 is 10.9 Å². The van der Waals surface area contributed by atoms with Crippen LogP contribution in [0.5, 0.6) is 0 Å². The van der Waals surface area contributed by atoms with Crippen molar-refractivity contribution in [3.8, 4) is 5.82 Å². The van der Waals surface area contributed by atoms with Crippen molar-refractivity contribution in [2.75, 3.05) is 5.32 Å². The number of hydrogen-bond acceptors (Lipinski definition) is 4. The molecule has 1 atom stereocenters. The molecular weight excluding hydrogens is 393 g/mol. The molecule has 4 rings (SSSR count). The van der Waals surface area contributed by atoms with Gasteiger partial charge in [0.05, 0.1) is 23.5 Å². The van der Waals surface area contributed by atoms with Crippen molar-refractivity contribution in [3.63, 3.8) is 0 Å². The van der Waals surface area contributed by atoms with Crippen LogP contribution in [0.3, 0.4) is 0 Å². The van der Waals surface area contributed by atoms with Crippen LogP contribution in [0.2, 0.25) is 5.02 Å². The molecule has 9 heteroatoms. The number of alkyl halides is 3. The second-order valence-electron chi connectivity index (χ2n) is 6.43. The van der Waals surface area contributed by atoms with E-state index in [4.69, 9.17) is 11.6 Å². The third kappa shape index (κ3) is 3.35. The molecule has 1 aliphatic carbocycles. The second kappa shape index (κ2) is 6.94. The molecule has 0 radical (unpaired) electrons. The van der Waals surface area contributed by atoms with Crippen LogP contribution in [-0.4, -0.2) is 14.8 Å². The maximum Gasteiger partial charge on any atom is 0.417 e. The number of rotatable bonds is 3. The van der Waals surface area contributed by atoms with Gasteiger partial charge in [0.15, 0.2) is 5.82 Å². The van der Waals surface area contributed by atoms with Crippen molar-refractivity contribution in [2.24, 2.45) is 0 Å². The molecule has 0 saturated carbocycles. The highest BCUT2D eigenvalue weighted by Gasteiger charge is 2.31. The van der Waals surface area contributed by atoms with E-state index in [1.807, 2.05) is 18.2 Å². The number of aromatic nitrogens is 3. The Kier molecular flexibility index (Phi) is 4.58. The predicted octanol–water partition coefficient (Wildman–Crippen LogP) is 4.40. The second-order valence-corrected chi connectivity index (χ2v) is 6.80. The Morgan fingerprint density at radius 3 is 2.64 bits per heavy atom. The van der Waals surface area contributed by atoms with E-state index in [0.29, 0.717) is 11.9 Å². The Morgan fingerprint density at radius 2 is 1.93 bits per heavy atom. The molecule has 1 aliphatic rings. The molecule has 0 amide bonds. The van der Waals surface area contributed by atoms with Crippen molar-refractivity contribution in [1.29, 1.82) is 0 Å². The number of pyridine rings is 1. The molecule has 1 unspecified atom stereocenters. The maximum atomic E-state index is 12.7. The van der Waals surface area contributed by atoms with Crippen LogP contribution >= 0.6 is 11.6 Å². The van der Waals surface area contributed by atoms with Crippen LogP contribution in [0.15, 0.2) is 53.6 Å². The number of nitrogens with one attached hydrogen (secondary N) is 1. The van der Waals surface area contributed by atoms with Gasteiger partial charge >= 0.3 is 6.18 Å². The lowest BCUT2D eigenvalue weighted by atomic mass is 10.1. The van der Waals surface area contributed by atoms with E-state index in [0.717, 1.165) is 35.2 Å². The molecule has 1 N–H and O–H groups in total. The van der Waals surface area contributed by atoms with Crippen molar-refractivity contribution in [1.82, 2.24) is 14.8 Å². The predicted molar refractivity (Wildman–Crippen MR) is 98.8 cm³/mol. The quantitative estimate of drug-likeness (QED) is 0.700. The van der Waals surface area contributed by atoms with Crippen molar-refractivity contribution in [3.05, 3.63) is 80.9 Å². The normalized spacial score (nSPS) is 16.1. The van der Waals surface area contributed by atoms with E-state index >= 15 is 0 Å². The van der Waals surface area contributed by atoms with Crippen LogP contribution in [0.4, 0.5) is 18.9 Å². The molecular formula is C19H14ClF3N4O. The minimum absolute atomic E-state index is 0.00921. The molecule has 0 bridgehead atoms. The summed E-state index contributed by atoms with van der Waals surface area (Å²) < 4.78 is 38.9. The number of nitrogens with zero attached hydrogens (tertiary/aromatic N) is 3. The SMILES string of the molecule is O=c1c(Cl)c(NC2CCc3ccccc32)cnn1-c1ccc(C(F)(F)F)cn1. The Hall–Kier alpha value is -2.87. The average Bonchev–Trinajstić information content (AvgIpc) is 3.08. The number of hydrogen-bond donors (Lipinski definition) is 1. The highest BCUT2D eigenvalue weighted by Crippen LogP contribution is 2.34. The third-order valence-electron chi connectivity index (χ3n) is 4.67. The topological polar surface area (TPSA) is 59.8 Å². The van der Waals surface area contributed by atoms with Crippen LogP contribution in [-0.2, 0) is 12.6 Å². The fourth-order valence-corrected chi connectivity index (χ4v) is 3.45. The molecule has 0 fully saturated rings. The average molecular weight is 407 g/mol. The minimum Gasteiger partial charge on any atom is -0.376 e. The summed E-state index contributed by atoms with van der Waals surface area (Å²) in [5.74, 6) is -0.0438. The van der Waals surface area contributed by atoms with Crippen molar-refractivity contribution < 1.29 is 13.2 Å². The number of fused-ring (bicyclic) bond motifs is 1. The summed E-state index contributed by atoms with van der Waals surface area (Å²) in [5, 5.41) is 7.15. The summed E-state index contributed by atoms with van der Waals surface area (Å²) in [7, 11) is 0. The summed E-state index contributed by atoms with van der Waals surface area (Å²) in [4.78, 5) is 16.2. The number of anilines is 1. The van der Waals surface area contributed by atoms with Gasteiger partial charge in [0.2, 0.25) is 0 Å². The molecule has 0 aliphatic heterocycles. The molecule has 1 aromatic carbocycles.